The Morgan fingerprint density at radius 2 is 1.53 bits per heavy atom. The molecule has 2 rings (SSSR count). The third-order valence-corrected chi connectivity index (χ3v) is 3.37. The minimum absolute atomic E-state index is 0. The number of hydrogen-bond donors (Lipinski definition) is 0. The highest BCUT2D eigenvalue weighted by molar-refractivity contribution is 5.30. The molecule has 19 heavy (non-hydrogen) atoms. The quantitative estimate of drug-likeness (QED) is 0.468. The van der Waals surface area contributed by atoms with Gasteiger partial charge in [0.05, 0.1) is 0 Å². The zero-order chi connectivity index (χ0) is 13.8. The molecule has 0 heteroatoms. The summed E-state index contributed by atoms with van der Waals surface area (Å²) in [5.41, 5.74) is 3.75. The standard InChI is InChI=1S/2C9H14.CH4/c2*1-9(2,3)8-6-4-5-7-8;/h4,6-7H,5H2,1-3H3;4-6H,7H2,1-3H3;1H4. The average molecular weight is 260 g/mol. The van der Waals surface area contributed by atoms with Crippen LogP contribution in [-0.4, -0.2) is 0 Å². The van der Waals surface area contributed by atoms with Gasteiger partial charge in [0.1, 0.15) is 0 Å². The van der Waals surface area contributed by atoms with E-state index in [1.165, 1.54) is 5.57 Å². The Morgan fingerprint density at radius 1 is 0.895 bits per heavy atom. The van der Waals surface area contributed by atoms with Crippen molar-refractivity contribution in [3.8, 4) is 0 Å². The fourth-order valence-corrected chi connectivity index (χ4v) is 2.02. The van der Waals surface area contributed by atoms with Crippen LogP contribution in [0.2, 0.25) is 0 Å². The van der Waals surface area contributed by atoms with Crippen LogP contribution < -0.4 is 0 Å². The van der Waals surface area contributed by atoms with E-state index in [9.17, 15) is 0 Å². The van der Waals surface area contributed by atoms with Crippen molar-refractivity contribution < 1.29 is 0 Å². The zero-order valence-electron chi connectivity index (χ0n) is 12.9. The SMILES string of the molecule is C.CC(C)(C)C1=CC=CC1.CC(C)(C)C1=CCC=C1. The van der Waals surface area contributed by atoms with Gasteiger partial charge in [-0.25, -0.2) is 0 Å². The maximum absolute atomic E-state index is 2.29. The van der Waals surface area contributed by atoms with Crippen LogP contribution in [0.3, 0.4) is 0 Å². The summed E-state index contributed by atoms with van der Waals surface area (Å²) < 4.78 is 0. The summed E-state index contributed by atoms with van der Waals surface area (Å²) in [6, 6.07) is 0. The van der Waals surface area contributed by atoms with Crippen LogP contribution in [0.1, 0.15) is 61.8 Å². The van der Waals surface area contributed by atoms with E-state index >= 15 is 0 Å². The Bertz CT molecular complexity index is 387. The summed E-state index contributed by atoms with van der Waals surface area (Å²) in [7, 11) is 0. The maximum atomic E-state index is 2.29. The molecule has 0 aromatic heterocycles. The van der Waals surface area contributed by atoms with Gasteiger partial charge in [0, 0.05) is 0 Å². The predicted molar refractivity (Wildman–Crippen MR) is 89.3 cm³/mol. The summed E-state index contributed by atoms with van der Waals surface area (Å²) in [5.74, 6) is 0. The van der Waals surface area contributed by atoms with Gasteiger partial charge in [0.25, 0.3) is 0 Å². The second-order valence-corrected chi connectivity index (χ2v) is 7.12. The minimum atomic E-state index is 0. The van der Waals surface area contributed by atoms with Crippen LogP contribution in [0.25, 0.3) is 0 Å². The van der Waals surface area contributed by atoms with Crippen LogP contribution in [0.5, 0.6) is 0 Å². The second-order valence-electron chi connectivity index (χ2n) is 7.12. The normalized spacial score (nSPS) is 17.4. The summed E-state index contributed by atoms with van der Waals surface area (Å²) in [5, 5.41) is 0. The summed E-state index contributed by atoms with van der Waals surface area (Å²) in [4.78, 5) is 0. The van der Waals surface area contributed by atoms with E-state index in [0.717, 1.165) is 12.8 Å². The third-order valence-electron chi connectivity index (χ3n) is 3.37. The first-order valence-corrected chi connectivity index (χ1v) is 6.94. The molecule has 0 unspecified atom stereocenters. The van der Waals surface area contributed by atoms with E-state index in [4.69, 9.17) is 0 Å². The molecule has 2 aliphatic carbocycles. The molecule has 0 saturated carbocycles. The number of hydrogen-bond acceptors (Lipinski definition) is 0. The Balaban J connectivity index is 0.000000324. The lowest BCUT2D eigenvalue weighted by Gasteiger charge is -2.19. The molecule has 0 fully saturated rings. The molecule has 108 valence electrons. The first kappa shape index (κ1) is 18.0. The highest BCUT2D eigenvalue weighted by atomic mass is 14.2. The molecule has 0 spiro atoms. The molecule has 0 N–H and O–H groups in total. The Kier molecular flexibility index (Phi) is 6.55. The molecule has 0 heterocycles. The Labute approximate surface area is 121 Å². The lowest BCUT2D eigenvalue weighted by molar-refractivity contribution is 0.496. The molecule has 0 radical (unpaired) electrons. The minimum Gasteiger partial charge on any atom is -0.0804 e. The molecule has 0 atom stereocenters. The summed E-state index contributed by atoms with van der Waals surface area (Å²) in [6.45, 7) is 13.5. The van der Waals surface area contributed by atoms with E-state index in [2.05, 4.69) is 78.0 Å². The summed E-state index contributed by atoms with van der Waals surface area (Å²) >= 11 is 0. The van der Waals surface area contributed by atoms with Crippen molar-refractivity contribution in [1.29, 1.82) is 0 Å². The van der Waals surface area contributed by atoms with E-state index in [0.29, 0.717) is 10.8 Å². The van der Waals surface area contributed by atoms with Gasteiger partial charge in [-0.1, -0.05) is 91.0 Å². The van der Waals surface area contributed by atoms with Gasteiger partial charge in [0.2, 0.25) is 0 Å². The van der Waals surface area contributed by atoms with Crippen LogP contribution in [-0.2, 0) is 0 Å². The van der Waals surface area contributed by atoms with E-state index in [1.54, 1.807) is 5.57 Å². The fraction of sp³-hybridized carbons (Fsp3) is 0.579. The number of allylic oxidation sites excluding steroid dienone is 8. The Morgan fingerprint density at radius 3 is 1.74 bits per heavy atom. The van der Waals surface area contributed by atoms with Crippen molar-refractivity contribution in [2.45, 2.75) is 61.8 Å². The first-order chi connectivity index (χ1) is 8.21. The van der Waals surface area contributed by atoms with Gasteiger partial charge in [-0.05, 0) is 29.2 Å². The monoisotopic (exact) mass is 260 g/mol. The maximum Gasteiger partial charge on any atom is -0.0127 e. The largest absolute Gasteiger partial charge is 0.0804 e. The van der Waals surface area contributed by atoms with Gasteiger partial charge < -0.3 is 0 Å². The molecule has 0 aromatic carbocycles. The molecule has 0 amide bonds. The van der Waals surface area contributed by atoms with Gasteiger partial charge in [-0.2, -0.15) is 0 Å². The predicted octanol–water partition coefficient (Wildman–Crippen LogP) is 6.47. The lowest BCUT2D eigenvalue weighted by atomic mass is 9.86. The summed E-state index contributed by atoms with van der Waals surface area (Å²) in [6.07, 6.45) is 15.6. The molecule has 0 aliphatic heterocycles. The highest BCUT2D eigenvalue weighted by Crippen LogP contribution is 2.30. The van der Waals surface area contributed by atoms with E-state index in [1.807, 2.05) is 0 Å². The van der Waals surface area contributed by atoms with E-state index in [-0.39, 0.29) is 7.43 Å². The van der Waals surface area contributed by atoms with Crippen molar-refractivity contribution in [3.05, 3.63) is 47.6 Å². The van der Waals surface area contributed by atoms with Crippen LogP contribution in [0, 0.1) is 10.8 Å². The highest BCUT2D eigenvalue weighted by Gasteiger charge is 2.16. The smallest absolute Gasteiger partial charge is 0.0127 e. The molecule has 0 saturated heterocycles. The Hall–Kier alpha value is -1.04. The molecular formula is C19H32. The third kappa shape index (κ3) is 6.09. The van der Waals surface area contributed by atoms with E-state index < -0.39 is 0 Å². The van der Waals surface area contributed by atoms with Crippen molar-refractivity contribution in [2.75, 3.05) is 0 Å². The zero-order valence-corrected chi connectivity index (χ0v) is 12.9. The lowest BCUT2D eigenvalue weighted by Crippen LogP contribution is -2.06. The second kappa shape index (κ2) is 6.93. The molecule has 0 nitrogen and oxygen atoms in total. The van der Waals surface area contributed by atoms with Crippen molar-refractivity contribution in [2.24, 2.45) is 10.8 Å². The fourth-order valence-electron chi connectivity index (χ4n) is 2.02. The van der Waals surface area contributed by atoms with Gasteiger partial charge >= 0.3 is 0 Å². The average Bonchev–Trinajstić information content (AvgIpc) is 2.91. The number of rotatable bonds is 0. The van der Waals surface area contributed by atoms with Crippen molar-refractivity contribution in [3.63, 3.8) is 0 Å². The van der Waals surface area contributed by atoms with Crippen LogP contribution >= 0.6 is 0 Å². The van der Waals surface area contributed by atoms with Gasteiger partial charge in [-0.15, -0.1) is 0 Å². The first-order valence-electron chi connectivity index (χ1n) is 6.94. The topological polar surface area (TPSA) is 0 Å². The van der Waals surface area contributed by atoms with Crippen molar-refractivity contribution >= 4 is 0 Å². The van der Waals surface area contributed by atoms with Crippen molar-refractivity contribution in [1.82, 2.24) is 0 Å². The molecule has 0 bridgehead atoms. The van der Waals surface area contributed by atoms with Gasteiger partial charge in [0.15, 0.2) is 0 Å². The molecule has 2 aliphatic rings. The van der Waals surface area contributed by atoms with Crippen LogP contribution in [0.4, 0.5) is 0 Å². The molecular weight excluding hydrogens is 228 g/mol. The van der Waals surface area contributed by atoms with Gasteiger partial charge in [-0.3, -0.25) is 0 Å². The van der Waals surface area contributed by atoms with Crippen LogP contribution in [0.15, 0.2) is 47.6 Å². The molecule has 0 aromatic rings.